The average Bonchev–Trinajstić information content (AvgIpc) is 3.03. The lowest BCUT2D eigenvalue weighted by atomic mass is 10.0. The first kappa shape index (κ1) is 19.6. The van der Waals surface area contributed by atoms with Gasteiger partial charge in [-0.25, -0.2) is 9.78 Å². The van der Waals surface area contributed by atoms with Crippen LogP contribution in [0.5, 0.6) is 0 Å². The summed E-state index contributed by atoms with van der Waals surface area (Å²) in [6.45, 7) is 7.65. The Kier molecular flexibility index (Phi) is 5.17. The fourth-order valence-corrected chi connectivity index (χ4v) is 4.41. The summed E-state index contributed by atoms with van der Waals surface area (Å²) in [4.78, 5) is 32.6. The summed E-state index contributed by atoms with van der Waals surface area (Å²) < 4.78 is 4.65. The van der Waals surface area contributed by atoms with Crippen molar-refractivity contribution in [2.75, 3.05) is 13.1 Å². The maximum Gasteiger partial charge on any atom is 0.332 e. The van der Waals surface area contributed by atoms with E-state index in [9.17, 15) is 9.59 Å². The van der Waals surface area contributed by atoms with E-state index in [4.69, 9.17) is 4.98 Å². The van der Waals surface area contributed by atoms with E-state index in [0.717, 1.165) is 24.5 Å². The number of imidazole rings is 1. The highest BCUT2D eigenvalue weighted by Gasteiger charge is 2.23. The molecule has 29 heavy (non-hydrogen) atoms. The minimum Gasteiger partial charge on any atom is -0.317 e. The Balaban J connectivity index is 1.86. The molecule has 1 saturated heterocycles. The predicted molar refractivity (Wildman–Crippen MR) is 114 cm³/mol. The van der Waals surface area contributed by atoms with Crippen LogP contribution in [0.25, 0.3) is 11.2 Å². The number of aryl methyl sites for hydroxylation is 2. The Hall–Kier alpha value is -2.67. The van der Waals surface area contributed by atoms with Gasteiger partial charge in [-0.2, -0.15) is 0 Å². The molecule has 4 rings (SSSR count). The Bertz CT molecular complexity index is 1170. The molecule has 0 amide bonds. The third-order valence-corrected chi connectivity index (χ3v) is 5.96. The van der Waals surface area contributed by atoms with E-state index in [1.54, 1.807) is 7.05 Å². The highest BCUT2D eigenvalue weighted by Crippen LogP contribution is 2.20. The summed E-state index contributed by atoms with van der Waals surface area (Å²) in [6.07, 6.45) is 2.44. The van der Waals surface area contributed by atoms with Gasteiger partial charge in [0.15, 0.2) is 11.2 Å². The van der Waals surface area contributed by atoms with Crippen LogP contribution >= 0.6 is 0 Å². The molecule has 1 atom stereocenters. The number of hydrogen-bond acceptors (Lipinski definition) is 4. The molecular formula is C22H29N5O2. The van der Waals surface area contributed by atoms with Crippen LogP contribution in [-0.2, 0) is 27.2 Å². The zero-order valence-electron chi connectivity index (χ0n) is 17.7. The molecule has 0 radical (unpaired) electrons. The molecule has 0 saturated carbocycles. The van der Waals surface area contributed by atoms with Gasteiger partial charge in [-0.05, 0) is 37.8 Å². The van der Waals surface area contributed by atoms with Gasteiger partial charge in [-0.3, -0.25) is 18.8 Å². The fraction of sp³-hybridized carbons (Fsp3) is 0.500. The summed E-state index contributed by atoms with van der Waals surface area (Å²) in [6, 6.07) is 8.29. The Morgan fingerprint density at radius 2 is 1.93 bits per heavy atom. The minimum atomic E-state index is -0.346. The van der Waals surface area contributed by atoms with Crippen molar-refractivity contribution in [1.82, 2.24) is 23.6 Å². The van der Waals surface area contributed by atoms with E-state index >= 15 is 0 Å². The first-order chi connectivity index (χ1) is 13.8. The van der Waals surface area contributed by atoms with Crippen LogP contribution in [0.1, 0.15) is 36.7 Å². The van der Waals surface area contributed by atoms with Gasteiger partial charge in [0.25, 0.3) is 5.56 Å². The van der Waals surface area contributed by atoms with Crippen molar-refractivity contribution in [2.45, 2.75) is 39.8 Å². The quantitative estimate of drug-likeness (QED) is 0.678. The molecule has 3 aromatic rings. The van der Waals surface area contributed by atoms with Gasteiger partial charge >= 0.3 is 5.69 Å². The van der Waals surface area contributed by atoms with Crippen LogP contribution in [0.2, 0.25) is 0 Å². The Morgan fingerprint density at radius 3 is 2.66 bits per heavy atom. The van der Waals surface area contributed by atoms with Crippen LogP contribution in [0.15, 0.2) is 33.9 Å². The standard InChI is InChI=1S/C22H29N5O2/c1-15-7-5-9-17(11-15)13-27-18(14-26-10-6-8-16(2)12-26)23-20-19(27)21(28)25(4)22(29)24(20)3/h5,7,9,11,16H,6,8,10,12-14H2,1-4H3/t16-/m1/s1. The molecule has 154 valence electrons. The SMILES string of the molecule is Cc1cccc(Cn2c(CN3CCC[C@@H](C)C3)nc3c2c(=O)n(C)c(=O)n3C)c1. The predicted octanol–water partition coefficient (Wildman–Crippen LogP) is 2.02. The zero-order valence-corrected chi connectivity index (χ0v) is 17.7. The number of fused-ring (bicyclic) bond motifs is 1. The monoisotopic (exact) mass is 395 g/mol. The summed E-state index contributed by atoms with van der Waals surface area (Å²) >= 11 is 0. The third kappa shape index (κ3) is 3.67. The molecule has 7 heteroatoms. The molecule has 7 nitrogen and oxygen atoms in total. The Morgan fingerprint density at radius 1 is 1.14 bits per heavy atom. The van der Waals surface area contributed by atoms with E-state index in [1.807, 2.05) is 10.6 Å². The summed E-state index contributed by atoms with van der Waals surface area (Å²) in [5.74, 6) is 1.50. The summed E-state index contributed by atoms with van der Waals surface area (Å²) in [5, 5.41) is 0. The second kappa shape index (κ2) is 7.63. The first-order valence-electron chi connectivity index (χ1n) is 10.3. The molecule has 1 aromatic carbocycles. The van der Waals surface area contributed by atoms with Gasteiger partial charge in [-0.1, -0.05) is 36.8 Å². The molecule has 0 aliphatic carbocycles. The van der Waals surface area contributed by atoms with E-state index in [2.05, 4.69) is 36.9 Å². The smallest absolute Gasteiger partial charge is 0.317 e. The summed E-state index contributed by atoms with van der Waals surface area (Å²) in [5.41, 5.74) is 2.62. The van der Waals surface area contributed by atoms with E-state index in [-0.39, 0.29) is 11.2 Å². The third-order valence-electron chi connectivity index (χ3n) is 5.96. The van der Waals surface area contributed by atoms with Crippen LogP contribution in [-0.4, -0.2) is 36.7 Å². The topological polar surface area (TPSA) is 65.1 Å². The second-order valence-electron chi connectivity index (χ2n) is 8.46. The van der Waals surface area contributed by atoms with E-state index in [1.165, 1.54) is 34.6 Å². The molecule has 1 aliphatic heterocycles. The van der Waals surface area contributed by atoms with Crippen LogP contribution in [0.4, 0.5) is 0 Å². The lowest BCUT2D eigenvalue weighted by molar-refractivity contribution is 0.171. The van der Waals surface area contributed by atoms with Crippen molar-refractivity contribution in [3.05, 3.63) is 62.1 Å². The molecule has 3 heterocycles. The molecule has 0 spiro atoms. The van der Waals surface area contributed by atoms with Crippen molar-refractivity contribution >= 4 is 11.2 Å². The van der Waals surface area contributed by atoms with Gasteiger partial charge in [0.2, 0.25) is 0 Å². The Labute approximate surface area is 170 Å². The number of aromatic nitrogens is 4. The van der Waals surface area contributed by atoms with Gasteiger partial charge < -0.3 is 4.57 Å². The number of nitrogens with zero attached hydrogens (tertiary/aromatic N) is 5. The van der Waals surface area contributed by atoms with Crippen molar-refractivity contribution in [1.29, 1.82) is 0 Å². The molecule has 0 unspecified atom stereocenters. The molecule has 2 aromatic heterocycles. The molecule has 1 fully saturated rings. The van der Waals surface area contributed by atoms with Crippen molar-refractivity contribution in [3.63, 3.8) is 0 Å². The maximum atomic E-state index is 13.0. The van der Waals surface area contributed by atoms with Crippen molar-refractivity contribution in [3.8, 4) is 0 Å². The summed E-state index contributed by atoms with van der Waals surface area (Å²) in [7, 11) is 3.21. The number of rotatable bonds is 4. The minimum absolute atomic E-state index is 0.290. The first-order valence-corrected chi connectivity index (χ1v) is 10.3. The molecular weight excluding hydrogens is 366 g/mol. The lowest BCUT2D eigenvalue weighted by Gasteiger charge is -2.30. The normalized spacial score (nSPS) is 17.9. The van der Waals surface area contributed by atoms with Crippen LogP contribution in [0.3, 0.4) is 0 Å². The number of likely N-dealkylation sites (tertiary alicyclic amines) is 1. The van der Waals surface area contributed by atoms with E-state index < -0.39 is 0 Å². The number of hydrogen-bond donors (Lipinski definition) is 0. The average molecular weight is 396 g/mol. The molecule has 1 aliphatic rings. The highest BCUT2D eigenvalue weighted by atomic mass is 16.2. The highest BCUT2D eigenvalue weighted by molar-refractivity contribution is 5.71. The van der Waals surface area contributed by atoms with Crippen molar-refractivity contribution in [2.24, 2.45) is 20.0 Å². The maximum absolute atomic E-state index is 13.0. The van der Waals surface area contributed by atoms with Crippen LogP contribution in [0, 0.1) is 12.8 Å². The second-order valence-corrected chi connectivity index (χ2v) is 8.46. The van der Waals surface area contributed by atoms with Crippen LogP contribution < -0.4 is 11.2 Å². The number of piperidine rings is 1. The van der Waals surface area contributed by atoms with Crippen molar-refractivity contribution < 1.29 is 0 Å². The van der Waals surface area contributed by atoms with Gasteiger partial charge in [0.05, 0.1) is 6.54 Å². The van der Waals surface area contributed by atoms with Gasteiger partial charge in [0.1, 0.15) is 5.82 Å². The number of benzene rings is 1. The van der Waals surface area contributed by atoms with Gasteiger partial charge in [-0.15, -0.1) is 0 Å². The molecule has 0 N–H and O–H groups in total. The zero-order chi connectivity index (χ0) is 20.7. The molecule has 0 bridgehead atoms. The fourth-order valence-electron chi connectivity index (χ4n) is 4.41. The lowest BCUT2D eigenvalue weighted by Crippen LogP contribution is -2.37. The van der Waals surface area contributed by atoms with E-state index in [0.29, 0.717) is 30.2 Å². The largest absolute Gasteiger partial charge is 0.332 e. The van der Waals surface area contributed by atoms with Gasteiger partial charge in [0, 0.05) is 27.2 Å².